The molecule has 3 heterocycles. The molecule has 1 aliphatic rings. The average Bonchev–Trinajstić information content (AvgIpc) is 3.56. The third kappa shape index (κ3) is 3.86. The van der Waals surface area contributed by atoms with E-state index in [9.17, 15) is 14.7 Å². The van der Waals surface area contributed by atoms with Crippen molar-refractivity contribution in [3.8, 4) is 5.75 Å². The van der Waals surface area contributed by atoms with Crippen molar-refractivity contribution >= 4 is 44.1 Å². The number of aliphatic hydroxyl groups is 1. The minimum absolute atomic E-state index is 0.0554. The van der Waals surface area contributed by atoms with Crippen LogP contribution >= 0.6 is 11.3 Å². The second-order valence-corrected chi connectivity index (χ2v) is 9.39. The Hall–Kier alpha value is -3.91. The number of hydrogen-bond donors (Lipinski definition) is 1. The van der Waals surface area contributed by atoms with Gasteiger partial charge in [0.15, 0.2) is 5.13 Å². The van der Waals surface area contributed by atoms with Crippen molar-refractivity contribution in [2.24, 2.45) is 5.92 Å². The first-order valence-electron chi connectivity index (χ1n) is 10.9. The highest BCUT2D eigenvalue weighted by Crippen LogP contribution is 2.44. The molecule has 4 aromatic rings. The number of benzene rings is 2. The molecule has 0 saturated carbocycles. The van der Waals surface area contributed by atoms with E-state index in [4.69, 9.17) is 9.15 Å². The number of anilines is 1. The second kappa shape index (κ2) is 8.79. The Balaban J connectivity index is 1.63. The number of aliphatic hydroxyl groups excluding tert-OH is 1. The number of aromatic nitrogens is 1. The van der Waals surface area contributed by atoms with E-state index in [0.717, 1.165) is 10.2 Å². The van der Waals surface area contributed by atoms with Crippen molar-refractivity contribution in [1.82, 2.24) is 4.98 Å². The van der Waals surface area contributed by atoms with Crippen LogP contribution in [0.1, 0.15) is 31.2 Å². The number of ketones is 1. The Morgan fingerprint density at radius 1 is 1.15 bits per heavy atom. The van der Waals surface area contributed by atoms with Crippen molar-refractivity contribution in [3.05, 3.63) is 83.8 Å². The average molecular weight is 475 g/mol. The van der Waals surface area contributed by atoms with E-state index >= 15 is 0 Å². The molecule has 2 aromatic carbocycles. The Morgan fingerprint density at radius 2 is 1.97 bits per heavy atom. The van der Waals surface area contributed by atoms with Crippen LogP contribution in [0.3, 0.4) is 0 Å². The van der Waals surface area contributed by atoms with Crippen molar-refractivity contribution in [2.45, 2.75) is 19.9 Å². The van der Waals surface area contributed by atoms with Crippen LogP contribution in [0.2, 0.25) is 0 Å². The summed E-state index contributed by atoms with van der Waals surface area (Å²) in [5.41, 5.74) is 1.04. The number of hydrogen-bond acceptors (Lipinski definition) is 7. The quantitative estimate of drug-likeness (QED) is 0.224. The maximum absolute atomic E-state index is 13.2. The van der Waals surface area contributed by atoms with E-state index in [-0.39, 0.29) is 11.3 Å². The zero-order chi connectivity index (χ0) is 23.8. The number of carbonyl (C=O) groups excluding carboxylic acids is 2. The van der Waals surface area contributed by atoms with Crippen LogP contribution in [0.4, 0.5) is 5.13 Å². The molecule has 1 aliphatic heterocycles. The maximum atomic E-state index is 13.2. The highest BCUT2D eigenvalue weighted by molar-refractivity contribution is 7.22. The van der Waals surface area contributed by atoms with Gasteiger partial charge in [0, 0.05) is 5.56 Å². The molecule has 0 aliphatic carbocycles. The molecular formula is C26H22N2O5S. The predicted octanol–water partition coefficient (Wildman–Crippen LogP) is 5.55. The van der Waals surface area contributed by atoms with Gasteiger partial charge >= 0.3 is 5.91 Å². The van der Waals surface area contributed by atoms with Crippen molar-refractivity contribution < 1.29 is 23.8 Å². The molecule has 172 valence electrons. The molecule has 0 bridgehead atoms. The van der Waals surface area contributed by atoms with E-state index in [1.54, 1.807) is 36.4 Å². The lowest BCUT2D eigenvalue weighted by atomic mass is 9.99. The standard InChI is InChI=1S/C26H22N2O5S/c1-15(2)14-33-17-8-5-7-16(13-17)23(29)21-22(19-10-6-12-32-19)28(25(31)24(21)30)26-27-18-9-3-4-11-20(18)34-26/h3-13,15,22,29H,14H2,1-2H3/b23-21+. The van der Waals surface area contributed by atoms with Gasteiger partial charge in [-0.1, -0.05) is 49.4 Å². The highest BCUT2D eigenvalue weighted by atomic mass is 32.1. The zero-order valence-electron chi connectivity index (χ0n) is 18.6. The van der Waals surface area contributed by atoms with Crippen LogP contribution in [0.5, 0.6) is 5.75 Å². The number of rotatable bonds is 6. The summed E-state index contributed by atoms with van der Waals surface area (Å²) in [7, 11) is 0. The Morgan fingerprint density at radius 3 is 2.71 bits per heavy atom. The van der Waals surface area contributed by atoms with E-state index in [2.05, 4.69) is 4.98 Å². The van der Waals surface area contributed by atoms with Crippen LogP contribution in [-0.4, -0.2) is 28.4 Å². The summed E-state index contributed by atoms with van der Waals surface area (Å²) in [4.78, 5) is 32.3. The Bertz CT molecular complexity index is 1370. The fourth-order valence-electron chi connectivity index (χ4n) is 3.86. The third-order valence-electron chi connectivity index (χ3n) is 5.44. The molecule has 1 saturated heterocycles. The largest absolute Gasteiger partial charge is 0.507 e. The summed E-state index contributed by atoms with van der Waals surface area (Å²) in [6.07, 6.45) is 1.47. The first-order chi connectivity index (χ1) is 16.4. The monoisotopic (exact) mass is 474 g/mol. The highest BCUT2D eigenvalue weighted by Gasteiger charge is 2.49. The molecule has 1 unspecified atom stereocenters. The molecule has 1 atom stereocenters. The lowest BCUT2D eigenvalue weighted by Gasteiger charge is -2.20. The van der Waals surface area contributed by atoms with Gasteiger partial charge in [-0.3, -0.25) is 14.5 Å². The number of para-hydroxylation sites is 1. The Kier molecular flexibility index (Phi) is 5.67. The molecule has 1 fully saturated rings. The molecule has 34 heavy (non-hydrogen) atoms. The van der Waals surface area contributed by atoms with E-state index < -0.39 is 17.7 Å². The predicted molar refractivity (Wildman–Crippen MR) is 130 cm³/mol. The van der Waals surface area contributed by atoms with Crippen LogP contribution in [0.25, 0.3) is 16.0 Å². The number of amides is 1. The lowest BCUT2D eigenvalue weighted by Crippen LogP contribution is -2.29. The number of thiazole rings is 1. The Labute approximate surface area is 199 Å². The topological polar surface area (TPSA) is 92.9 Å². The molecule has 0 spiro atoms. The van der Waals surface area contributed by atoms with Crippen LogP contribution in [-0.2, 0) is 9.59 Å². The minimum atomic E-state index is -0.948. The molecular weight excluding hydrogens is 452 g/mol. The zero-order valence-corrected chi connectivity index (χ0v) is 19.4. The van der Waals surface area contributed by atoms with Gasteiger partial charge in [-0.15, -0.1) is 0 Å². The van der Waals surface area contributed by atoms with Gasteiger partial charge in [-0.2, -0.15) is 0 Å². The normalized spacial score (nSPS) is 17.7. The number of furan rings is 1. The first-order valence-corrected chi connectivity index (χ1v) is 11.7. The van der Waals surface area contributed by atoms with E-state index in [0.29, 0.717) is 34.7 Å². The summed E-state index contributed by atoms with van der Waals surface area (Å²) >= 11 is 1.30. The van der Waals surface area contributed by atoms with E-state index in [1.807, 2.05) is 38.1 Å². The minimum Gasteiger partial charge on any atom is -0.507 e. The number of fused-ring (bicyclic) bond motifs is 1. The number of ether oxygens (including phenoxy) is 1. The van der Waals surface area contributed by atoms with Gasteiger partial charge in [0.2, 0.25) is 0 Å². The fourth-order valence-corrected chi connectivity index (χ4v) is 4.85. The molecule has 1 N–H and O–H groups in total. The van der Waals surface area contributed by atoms with Gasteiger partial charge in [-0.25, -0.2) is 4.98 Å². The van der Waals surface area contributed by atoms with E-state index in [1.165, 1.54) is 22.5 Å². The van der Waals surface area contributed by atoms with Crippen molar-refractivity contribution in [1.29, 1.82) is 0 Å². The fraction of sp³-hybridized carbons (Fsp3) is 0.192. The summed E-state index contributed by atoms with van der Waals surface area (Å²) in [5.74, 6) is -0.616. The van der Waals surface area contributed by atoms with Gasteiger partial charge in [0.1, 0.15) is 23.3 Å². The maximum Gasteiger partial charge on any atom is 0.302 e. The number of nitrogens with zero attached hydrogens (tertiary/aromatic N) is 2. The smallest absolute Gasteiger partial charge is 0.302 e. The van der Waals surface area contributed by atoms with Crippen molar-refractivity contribution in [2.75, 3.05) is 11.5 Å². The van der Waals surface area contributed by atoms with Gasteiger partial charge < -0.3 is 14.3 Å². The molecule has 7 nitrogen and oxygen atoms in total. The SMILES string of the molecule is CC(C)COc1cccc(/C(O)=C2\C(=O)C(=O)N(c3nc4ccccc4s3)C2c2ccco2)c1. The summed E-state index contributed by atoms with van der Waals surface area (Å²) < 4.78 is 12.3. The second-order valence-electron chi connectivity index (χ2n) is 8.38. The van der Waals surface area contributed by atoms with Crippen molar-refractivity contribution in [3.63, 3.8) is 0 Å². The number of carbonyl (C=O) groups is 2. The summed E-state index contributed by atoms with van der Waals surface area (Å²) in [6.45, 7) is 4.59. The van der Waals surface area contributed by atoms with Gasteiger partial charge in [0.25, 0.3) is 5.78 Å². The molecule has 5 rings (SSSR count). The van der Waals surface area contributed by atoms with Crippen LogP contribution in [0.15, 0.2) is 76.9 Å². The third-order valence-corrected chi connectivity index (χ3v) is 6.47. The summed E-state index contributed by atoms with van der Waals surface area (Å²) in [5, 5.41) is 11.6. The molecule has 8 heteroatoms. The van der Waals surface area contributed by atoms with Crippen LogP contribution < -0.4 is 9.64 Å². The van der Waals surface area contributed by atoms with Gasteiger partial charge in [-0.05, 0) is 42.3 Å². The van der Waals surface area contributed by atoms with Gasteiger partial charge in [0.05, 0.1) is 28.7 Å². The molecule has 0 radical (unpaired) electrons. The van der Waals surface area contributed by atoms with Crippen LogP contribution in [0, 0.1) is 5.92 Å². The summed E-state index contributed by atoms with van der Waals surface area (Å²) in [6, 6.07) is 16.7. The first kappa shape index (κ1) is 21.9. The number of Topliss-reactive ketones (excluding diaryl/α,β-unsaturated/α-hetero) is 1. The molecule has 2 aromatic heterocycles. The lowest BCUT2D eigenvalue weighted by molar-refractivity contribution is -0.132. The molecule has 1 amide bonds.